The lowest BCUT2D eigenvalue weighted by atomic mass is 10.3. The van der Waals surface area contributed by atoms with Gasteiger partial charge >= 0.3 is 5.97 Å². The Hall–Kier alpha value is -1.91. The zero-order chi connectivity index (χ0) is 9.84. The first kappa shape index (κ1) is 9.18. The zero-order valence-corrected chi connectivity index (χ0v) is 6.89. The number of rotatable bonds is 2. The largest absolute Gasteiger partial charge is 0.427 e. The number of hydrogen-bond acceptors (Lipinski definition) is 4. The molecule has 0 saturated carbocycles. The molecule has 0 bridgehead atoms. The normalized spacial score (nSPS) is 9.31. The number of non-ortho nitro benzene ring substituents is 1. The number of ether oxygens (including phenoxy) is 1. The van der Waals surface area contributed by atoms with E-state index in [0.29, 0.717) is 5.75 Å². The number of benzene rings is 1. The highest BCUT2D eigenvalue weighted by Crippen LogP contribution is 2.17. The Bertz CT molecular complexity index is 331. The maximum absolute atomic E-state index is 10.5. The second-order valence-electron chi connectivity index (χ2n) is 2.34. The van der Waals surface area contributed by atoms with Crippen molar-refractivity contribution in [2.45, 2.75) is 6.92 Å². The van der Waals surface area contributed by atoms with Crippen LogP contribution in [0.4, 0.5) is 5.69 Å². The fraction of sp³-hybridized carbons (Fsp3) is 0.125. The average molecular weight is 182 g/mol. The van der Waals surface area contributed by atoms with E-state index < -0.39 is 10.9 Å². The lowest BCUT2D eigenvalue weighted by Crippen LogP contribution is -2.01. The van der Waals surface area contributed by atoms with Crippen molar-refractivity contribution in [3.8, 4) is 5.75 Å². The Morgan fingerprint density at radius 2 is 1.92 bits per heavy atom. The third kappa shape index (κ3) is 2.55. The SMILES string of the molecule is CC(=O)Oc1ccc([15N+](=O)[O-])cc1. The molecule has 0 atom stereocenters. The van der Waals surface area contributed by atoms with Crippen LogP contribution in [0, 0.1) is 10.1 Å². The van der Waals surface area contributed by atoms with E-state index in [0.717, 1.165) is 0 Å². The summed E-state index contributed by atoms with van der Waals surface area (Å²) in [5, 5.41) is 10.2. The molecule has 1 aromatic rings. The minimum atomic E-state index is -0.516. The van der Waals surface area contributed by atoms with E-state index in [1.165, 1.54) is 31.2 Å². The van der Waals surface area contributed by atoms with Gasteiger partial charge in [-0.1, -0.05) is 0 Å². The minimum absolute atomic E-state index is 0.0316. The fourth-order valence-electron chi connectivity index (χ4n) is 0.802. The average Bonchev–Trinajstić information content (AvgIpc) is 2.04. The molecular weight excluding hydrogens is 175 g/mol. The van der Waals surface area contributed by atoms with Gasteiger partial charge in [0.1, 0.15) is 5.75 Å². The summed E-state index contributed by atoms with van der Waals surface area (Å²) in [6.07, 6.45) is 0. The van der Waals surface area contributed by atoms with Gasteiger partial charge in [0.2, 0.25) is 0 Å². The van der Waals surface area contributed by atoms with E-state index in [1.54, 1.807) is 0 Å². The van der Waals surface area contributed by atoms with Crippen LogP contribution in [0.25, 0.3) is 0 Å². The molecule has 0 aromatic heterocycles. The highest BCUT2D eigenvalue weighted by Gasteiger charge is 2.04. The molecule has 0 N–H and O–H groups in total. The van der Waals surface area contributed by atoms with Crippen molar-refractivity contribution in [3.05, 3.63) is 34.4 Å². The molecule has 0 aliphatic carbocycles. The molecular formula is C8H7NO4. The maximum Gasteiger partial charge on any atom is 0.308 e. The molecule has 0 saturated heterocycles. The van der Waals surface area contributed by atoms with Gasteiger partial charge in [-0.25, -0.2) is 0 Å². The third-order valence-corrected chi connectivity index (χ3v) is 1.31. The third-order valence-electron chi connectivity index (χ3n) is 1.31. The predicted molar refractivity (Wildman–Crippen MR) is 44.4 cm³/mol. The molecule has 0 spiro atoms. The Kier molecular flexibility index (Phi) is 2.59. The van der Waals surface area contributed by atoms with Crippen LogP contribution in [-0.4, -0.2) is 10.9 Å². The smallest absolute Gasteiger partial charge is 0.308 e. The summed E-state index contributed by atoms with van der Waals surface area (Å²) in [6.45, 7) is 1.27. The lowest BCUT2D eigenvalue weighted by Gasteiger charge is -1.98. The van der Waals surface area contributed by atoms with Gasteiger partial charge in [-0.15, -0.1) is 0 Å². The number of nitrogens with zero attached hydrogens (tertiary/aromatic N) is 1. The zero-order valence-electron chi connectivity index (χ0n) is 6.89. The van der Waals surface area contributed by atoms with Gasteiger partial charge < -0.3 is 4.74 Å². The molecule has 1 aromatic carbocycles. The Morgan fingerprint density at radius 1 is 1.38 bits per heavy atom. The van der Waals surface area contributed by atoms with Gasteiger partial charge in [-0.2, -0.15) is 0 Å². The highest BCUT2D eigenvalue weighted by molar-refractivity contribution is 5.69. The summed E-state index contributed by atoms with van der Waals surface area (Å²) < 4.78 is 4.69. The van der Waals surface area contributed by atoms with E-state index >= 15 is 0 Å². The Balaban J connectivity index is 2.81. The van der Waals surface area contributed by atoms with E-state index in [4.69, 9.17) is 0 Å². The molecule has 0 unspecified atom stereocenters. The van der Waals surface area contributed by atoms with Crippen LogP contribution in [0.2, 0.25) is 0 Å². The van der Waals surface area contributed by atoms with Gasteiger partial charge in [0.25, 0.3) is 5.69 Å². The minimum Gasteiger partial charge on any atom is -0.427 e. The molecule has 13 heavy (non-hydrogen) atoms. The van der Waals surface area contributed by atoms with Crippen LogP contribution in [0.1, 0.15) is 6.92 Å². The van der Waals surface area contributed by atoms with Crippen LogP contribution >= 0.6 is 0 Å². The van der Waals surface area contributed by atoms with E-state index in [9.17, 15) is 14.9 Å². The first-order valence-corrected chi connectivity index (χ1v) is 3.52. The monoisotopic (exact) mass is 182 g/mol. The van der Waals surface area contributed by atoms with Crippen LogP contribution in [0.5, 0.6) is 5.75 Å². The van der Waals surface area contributed by atoms with Gasteiger partial charge in [0.05, 0.1) is 4.92 Å². The molecule has 0 amide bonds. The van der Waals surface area contributed by atoms with Gasteiger partial charge in [-0.05, 0) is 12.1 Å². The summed E-state index contributed by atoms with van der Waals surface area (Å²) in [5.74, 6) is -0.146. The van der Waals surface area contributed by atoms with E-state index in [2.05, 4.69) is 4.74 Å². The first-order valence-electron chi connectivity index (χ1n) is 3.52. The second kappa shape index (κ2) is 3.66. The second-order valence-corrected chi connectivity index (χ2v) is 2.34. The predicted octanol–water partition coefficient (Wildman–Crippen LogP) is 1.52. The van der Waals surface area contributed by atoms with Crippen molar-refractivity contribution in [1.29, 1.82) is 0 Å². The van der Waals surface area contributed by atoms with Crippen LogP contribution in [0.15, 0.2) is 24.3 Å². The molecule has 0 aliphatic heterocycles. The van der Waals surface area contributed by atoms with E-state index in [-0.39, 0.29) is 5.69 Å². The molecule has 68 valence electrons. The quantitative estimate of drug-likeness (QED) is 0.228. The van der Waals surface area contributed by atoms with Crippen molar-refractivity contribution in [2.75, 3.05) is 0 Å². The number of carbonyl (C=O) groups is 1. The molecule has 0 radical (unpaired) electrons. The lowest BCUT2D eigenvalue weighted by molar-refractivity contribution is -0.384. The Morgan fingerprint density at radius 3 is 2.31 bits per heavy atom. The van der Waals surface area contributed by atoms with Gasteiger partial charge in [0, 0.05) is 19.1 Å². The maximum atomic E-state index is 10.5. The molecule has 0 heterocycles. The first-order chi connectivity index (χ1) is 6.09. The standard InChI is InChI=1S/C8H7NO4/c1-6(10)13-8-4-2-7(3-5-8)9(11)12/h2-5H,1H3/i9+1. The van der Waals surface area contributed by atoms with Crippen molar-refractivity contribution < 1.29 is 14.5 Å². The highest BCUT2D eigenvalue weighted by atomic mass is 16.9. The van der Waals surface area contributed by atoms with Crippen LogP contribution < -0.4 is 4.74 Å². The summed E-state index contributed by atoms with van der Waals surface area (Å²) in [7, 11) is 0. The van der Waals surface area contributed by atoms with Gasteiger partial charge in [-0.3, -0.25) is 14.9 Å². The van der Waals surface area contributed by atoms with Gasteiger partial charge in [0.15, 0.2) is 0 Å². The number of esters is 1. The van der Waals surface area contributed by atoms with Crippen molar-refractivity contribution in [3.63, 3.8) is 0 Å². The molecule has 5 heteroatoms. The van der Waals surface area contributed by atoms with Crippen LogP contribution in [0.3, 0.4) is 0 Å². The molecule has 1 rings (SSSR count). The summed E-state index contributed by atoms with van der Waals surface area (Å²) >= 11 is 0. The van der Waals surface area contributed by atoms with Crippen molar-refractivity contribution in [2.24, 2.45) is 0 Å². The number of hydrogen-bond donors (Lipinski definition) is 0. The molecule has 5 nitrogen and oxygen atoms in total. The number of nitro benzene ring substituents is 1. The van der Waals surface area contributed by atoms with Crippen molar-refractivity contribution >= 4 is 11.7 Å². The summed E-state index contributed by atoms with van der Waals surface area (Å²) in [5.41, 5.74) is -0.0316. The summed E-state index contributed by atoms with van der Waals surface area (Å²) in [4.78, 5) is 20.2. The Labute approximate surface area is 74.1 Å². The topological polar surface area (TPSA) is 69.4 Å². The molecule has 0 fully saturated rings. The number of nitro groups is 1. The fourth-order valence-corrected chi connectivity index (χ4v) is 0.802. The molecule has 0 aliphatic rings. The summed E-state index contributed by atoms with van der Waals surface area (Å²) in [6, 6.07) is 5.30. The van der Waals surface area contributed by atoms with Crippen molar-refractivity contribution in [1.82, 2.24) is 0 Å². The van der Waals surface area contributed by atoms with E-state index in [1.807, 2.05) is 0 Å². The number of carbonyl (C=O) groups excluding carboxylic acids is 1. The van der Waals surface area contributed by atoms with Crippen LogP contribution in [-0.2, 0) is 4.79 Å².